The molecule has 192 valence electrons. The zero-order valence-corrected chi connectivity index (χ0v) is 22.4. The van der Waals surface area contributed by atoms with E-state index in [2.05, 4.69) is 21.0 Å². The van der Waals surface area contributed by atoms with Crippen LogP contribution in [-0.2, 0) is 4.79 Å². The highest BCUT2D eigenvalue weighted by Gasteiger charge is 2.22. The third kappa shape index (κ3) is 18.9. The fraction of sp³-hybridized carbons (Fsp3) is 0.964. The number of rotatable bonds is 23. The largest absolute Gasteiger partial charge is 0.550 e. The molecule has 0 bridgehead atoms. The lowest BCUT2D eigenvalue weighted by molar-refractivity contribution is -0.893. The first-order valence-corrected chi connectivity index (χ1v) is 13.8. The van der Waals surface area contributed by atoms with Gasteiger partial charge in [0.2, 0.25) is 0 Å². The molecule has 1 N–H and O–H groups in total. The van der Waals surface area contributed by atoms with Crippen LogP contribution < -0.4 is 5.11 Å². The summed E-state index contributed by atoms with van der Waals surface area (Å²) in [6.45, 7) is 7.51. The number of hydrogen-bond acceptors (Lipinski definition) is 3. The zero-order valence-electron chi connectivity index (χ0n) is 22.4. The number of quaternary nitrogens is 1. The van der Waals surface area contributed by atoms with E-state index in [0.717, 1.165) is 43.3 Å². The van der Waals surface area contributed by atoms with Crippen LogP contribution in [0.25, 0.3) is 0 Å². The van der Waals surface area contributed by atoms with Crippen LogP contribution in [0.2, 0.25) is 0 Å². The topological polar surface area (TPSA) is 60.4 Å². The second-order valence-corrected chi connectivity index (χ2v) is 11.5. The Morgan fingerprint density at radius 3 is 1.66 bits per heavy atom. The Morgan fingerprint density at radius 2 is 1.22 bits per heavy atom. The third-order valence-corrected chi connectivity index (χ3v) is 6.96. The smallest absolute Gasteiger partial charge is 0.105 e. The van der Waals surface area contributed by atoms with E-state index in [4.69, 9.17) is 0 Å². The Hall–Kier alpha value is -0.610. The number of nitrogens with zero attached hydrogens (tertiary/aromatic N) is 1. The third-order valence-electron chi connectivity index (χ3n) is 6.96. The summed E-state index contributed by atoms with van der Waals surface area (Å²) >= 11 is 0. The van der Waals surface area contributed by atoms with Crippen molar-refractivity contribution < 1.29 is 19.5 Å². The molecular formula is C28H57NO3. The molecule has 0 amide bonds. The number of likely N-dealkylation sites (N-methyl/N-ethyl adjacent to an activating group) is 1. The maximum absolute atomic E-state index is 11.1. The minimum absolute atomic E-state index is 0.234. The van der Waals surface area contributed by atoms with E-state index in [1.54, 1.807) is 13.8 Å². The van der Waals surface area contributed by atoms with Crippen LogP contribution >= 0.6 is 0 Å². The lowest BCUT2D eigenvalue weighted by Gasteiger charge is -2.32. The van der Waals surface area contributed by atoms with Gasteiger partial charge in [0.05, 0.1) is 20.6 Å². The molecule has 0 rings (SSSR count). The van der Waals surface area contributed by atoms with E-state index in [0.29, 0.717) is 6.42 Å². The highest BCUT2D eigenvalue weighted by atomic mass is 16.4. The second kappa shape index (κ2) is 18.8. The predicted octanol–water partition coefficient (Wildman–Crippen LogP) is 6.24. The van der Waals surface area contributed by atoms with E-state index in [1.807, 2.05) is 0 Å². The highest BCUT2D eigenvalue weighted by molar-refractivity contribution is 5.71. The van der Waals surface area contributed by atoms with Gasteiger partial charge >= 0.3 is 0 Å². The first-order valence-electron chi connectivity index (χ1n) is 13.8. The summed E-state index contributed by atoms with van der Waals surface area (Å²) in [6.07, 6.45) is 22.2. The molecule has 0 heterocycles. The number of carbonyl (C=O) groups excluding carboxylic acids is 1. The Bertz CT molecular complexity index is 448. The molecule has 0 radical (unpaired) electrons. The molecule has 4 nitrogen and oxygen atoms in total. The van der Waals surface area contributed by atoms with Gasteiger partial charge in [0.15, 0.2) is 0 Å². The quantitative estimate of drug-likeness (QED) is 0.146. The summed E-state index contributed by atoms with van der Waals surface area (Å²) in [5, 5.41) is 21.5. The SMILES string of the molecule is CCCCCCCCCCCCCCCCC(O)C[N+](C)(C)CCCCC(C)(C)C(=O)[O-]. The van der Waals surface area contributed by atoms with Gasteiger partial charge in [0.25, 0.3) is 0 Å². The molecule has 0 aliphatic rings. The first kappa shape index (κ1) is 31.4. The molecule has 0 saturated heterocycles. The van der Waals surface area contributed by atoms with Gasteiger partial charge in [-0.3, -0.25) is 0 Å². The number of aliphatic hydroxyl groups excluding tert-OH is 1. The van der Waals surface area contributed by atoms with Crippen molar-refractivity contribution in [3.05, 3.63) is 0 Å². The van der Waals surface area contributed by atoms with Crippen LogP contribution in [-0.4, -0.2) is 48.8 Å². The summed E-state index contributed by atoms with van der Waals surface area (Å²) in [4.78, 5) is 11.1. The Morgan fingerprint density at radius 1 is 0.781 bits per heavy atom. The summed E-state index contributed by atoms with van der Waals surface area (Å²) in [6, 6.07) is 0. The van der Waals surface area contributed by atoms with Crippen LogP contribution in [0.15, 0.2) is 0 Å². The van der Waals surface area contributed by atoms with Crippen molar-refractivity contribution in [1.29, 1.82) is 0 Å². The van der Waals surface area contributed by atoms with Crippen LogP contribution in [0.5, 0.6) is 0 Å². The van der Waals surface area contributed by atoms with Crippen LogP contribution in [0.1, 0.15) is 136 Å². The molecule has 0 aromatic carbocycles. The van der Waals surface area contributed by atoms with Crippen LogP contribution in [0.4, 0.5) is 0 Å². The van der Waals surface area contributed by atoms with Crippen LogP contribution in [0, 0.1) is 5.41 Å². The number of aliphatic hydroxyl groups is 1. The Kier molecular flexibility index (Phi) is 18.4. The normalized spacial score (nSPS) is 13.4. The highest BCUT2D eigenvalue weighted by Crippen LogP contribution is 2.22. The molecule has 1 atom stereocenters. The molecule has 0 aromatic rings. The molecule has 0 aliphatic heterocycles. The number of carbonyl (C=O) groups is 1. The van der Waals surface area contributed by atoms with Gasteiger partial charge in [0, 0.05) is 11.4 Å². The standard InChI is InChI=1S/C28H57NO3/c1-6-7-8-9-10-11-12-13-14-15-16-17-18-19-22-26(30)25-29(4,5)24-21-20-23-28(2,3)27(31)32/h26,30H,6-25H2,1-5H3. The van der Waals surface area contributed by atoms with Gasteiger partial charge in [-0.25, -0.2) is 0 Å². The molecule has 0 aliphatic carbocycles. The van der Waals surface area contributed by atoms with Gasteiger partial charge in [-0.05, 0) is 25.7 Å². The van der Waals surface area contributed by atoms with Crippen molar-refractivity contribution in [2.24, 2.45) is 5.41 Å². The van der Waals surface area contributed by atoms with Crippen molar-refractivity contribution in [3.8, 4) is 0 Å². The fourth-order valence-corrected chi connectivity index (χ4v) is 4.54. The Labute approximate surface area is 200 Å². The number of carboxylic acid groups (broad SMARTS) is 1. The van der Waals surface area contributed by atoms with Crippen molar-refractivity contribution in [2.45, 2.75) is 142 Å². The predicted molar refractivity (Wildman–Crippen MR) is 135 cm³/mol. The molecule has 0 saturated carbocycles. The minimum atomic E-state index is -0.963. The molecule has 0 spiro atoms. The lowest BCUT2D eigenvalue weighted by atomic mass is 9.87. The first-order chi connectivity index (χ1) is 15.1. The van der Waals surface area contributed by atoms with E-state index < -0.39 is 11.4 Å². The molecule has 32 heavy (non-hydrogen) atoms. The average Bonchev–Trinajstić information content (AvgIpc) is 2.71. The fourth-order valence-electron chi connectivity index (χ4n) is 4.54. The Balaban J connectivity index is 3.57. The van der Waals surface area contributed by atoms with E-state index in [9.17, 15) is 15.0 Å². The number of hydrogen-bond donors (Lipinski definition) is 1. The number of unbranched alkanes of at least 4 members (excludes halogenated alkanes) is 14. The summed E-state index contributed by atoms with van der Waals surface area (Å²) in [5.74, 6) is -0.963. The van der Waals surface area contributed by atoms with Gasteiger partial charge in [-0.2, -0.15) is 0 Å². The van der Waals surface area contributed by atoms with Gasteiger partial charge in [-0.1, -0.05) is 111 Å². The van der Waals surface area contributed by atoms with E-state index >= 15 is 0 Å². The van der Waals surface area contributed by atoms with Crippen molar-refractivity contribution in [3.63, 3.8) is 0 Å². The number of carboxylic acids is 1. The lowest BCUT2D eigenvalue weighted by Crippen LogP contribution is -2.46. The van der Waals surface area contributed by atoms with Crippen molar-refractivity contribution >= 4 is 5.97 Å². The molecule has 0 fully saturated rings. The minimum Gasteiger partial charge on any atom is -0.550 e. The average molecular weight is 456 g/mol. The molecule has 4 heteroatoms. The second-order valence-electron chi connectivity index (χ2n) is 11.5. The maximum Gasteiger partial charge on any atom is 0.105 e. The van der Waals surface area contributed by atoms with Gasteiger partial charge in [-0.15, -0.1) is 0 Å². The van der Waals surface area contributed by atoms with Crippen molar-refractivity contribution in [1.82, 2.24) is 0 Å². The summed E-state index contributed by atoms with van der Waals surface area (Å²) in [5.41, 5.74) is -0.745. The molecule has 1 unspecified atom stereocenters. The van der Waals surface area contributed by atoms with Crippen LogP contribution in [0.3, 0.4) is 0 Å². The van der Waals surface area contributed by atoms with Gasteiger partial charge in [0.1, 0.15) is 12.6 Å². The molecule has 0 aromatic heterocycles. The zero-order chi connectivity index (χ0) is 24.3. The number of aliphatic carboxylic acids is 1. The summed E-state index contributed by atoms with van der Waals surface area (Å²) in [7, 11) is 4.33. The summed E-state index contributed by atoms with van der Waals surface area (Å²) < 4.78 is 0.797. The maximum atomic E-state index is 11.1. The van der Waals surface area contributed by atoms with E-state index in [1.165, 1.54) is 83.5 Å². The molecular weight excluding hydrogens is 398 g/mol. The monoisotopic (exact) mass is 455 g/mol. The van der Waals surface area contributed by atoms with Crippen molar-refractivity contribution in [2.75, 3.05) is 27.2 Å². The van der Waals surface area contributed by atoms with Gasteiger partial charge < -0.3 is 19.5 Å². The van der Waals surface area contributed by atoms with E-state index in [-0.39, 0.29) is 6.10 Å².